The van der Waals surface area contributed by atoms with E-state index in [-0.39, 0.29) is 17.2 Å². The predicted molar refractivity (Wildman–Crippen MR) is 76.1 cm³/mol. The smallest absolute Gasteiger partial charge is 0.362 e. The minimum Gasteiger partial charge on any atom is -0.493 e. The van der Waals surface area contributed by atoms with E-state index in [1.807, 2.05) is 0 Å². The molecular weight excluding hydrogens is 340 g/mol. The average molecular weight is 357 g/mol. The maximum Gasteiger partial charge on any atom is 0.362 e. The van der Waals surface area contributed by atoms with Gasteiger partial charge in [0.15, 0.2) is 11.5 Å². The van der Waals surface area contributed by atoms with Crippen molar-refractivity contribution < 1.29 is 42.9 Å². The van der Waals surface area contributed by atoms with Crippen LogP contribution in [0.3, 0.4) is 0 Å². The molecule has 0 aliphatic carbocycles. The molecule has 0 amide bonds. The number of benzene rings is 1. The summed E-state index contributed by atoms with van der Waals surface area (Å²) in [6.45, 7) is 0. The van der Waals surface area contributed by atoms with E-state index in [0.29, 0.717) is 0 Å². The monoisotopic (exact) mass is 357 g/mol. The molecule has 1 rings (SSSR count). The Balaban J connectivity index is 3.80. The Morgan fingerprint density at radius 3 is 1.50 bits per heavy atom. The number of methoxy groups -OCH3 is 3. The first kappa shape index (κ1) is 18.9. The van der Waals surface area contributed by atoms with E-state index >= 15 is 0 Å². The first-order chi connectivity index (χ1) is 9.93. The lowest BCUT2D eigenvalue weighted by Gasteiger charge is -2.31. The Morgan fingerprint density at radius 1 is 0.909 bits per heavy atom. The highest BCUT2D eigenvalue weighted by molar-refractivity contribution is 7.71. The maximum atomic E-state index is 11.6. The van der Waals surface area contributed by atoms with Crippen molar-refractivity contribution in [2.75, 3.05) is 21.3 Å². The Hall–Kier alpha value is -1.12. The molecule has 0 radical (unpaired) electrons. The summed E-state index contributed by atoms with van der Waals surface area (Å²) in [4.78, 5) is 37.4. The van der Waals surface area contributed by atoms with Gasteiger partial charge in [0.1, 0.15) is 0 Å². The van der Waals surface area contributed by atoms with Crippen molar-refractivity contribution in [3.8, 4) is 17.2 Å². The lowest BCUT2D eigenvalue weighted by atomic mass is 10.1. The fourth-order valence-corrected chi connectivity index (χ4v) is 4.09. The van der Waals surface area contributed by atoms with Crippen LogP contribution in [0.25, 0.3) is 0 Å². The molecule has 0 spiro atoms. The van der Waals surface area contributed by atoms with Crippen molar-refractivity contribution in [2.24, 2.45) is 5.73 Å². The number of ether oxygens (including phenoxy) is 3. The Kier molecular flexibility index (Phi) is 5.31. The third-order valence-corrected chi connectivity index (χ3v) is 6.83. The van der Waals surface area contributed by atoms with Crippen LogP contribution in [0.1, 0.15) is 5.56 Å². The third-order valence-electron chi connectivity index (χ3n) is 2.98. The quantitative estimate of drug-likeness (QED) is 0.441. The second kappa shape index (κ2) is 6.17. The first-order valence-electron chi connectivity index (χ1n) is 5.64. The fourth-order valence-electron chi connectivity index (χ4n) is 1.80. The van der Waals surface area contributed by atoms with Gasteiger partial charge in [-0.05, 0) is 12.1 Å². The third kappa shape index (κ3) is 3.00. The minimum absolute atomic E-state index is 0.0615. The van der Waals surface area contributed by atoms with Gasteiger partial charge in [0.25, 0.3) is 0 Å². The van der Waals surface area contributed by atoms with Crippen LogP contribution in [-0.2, 0) is 14.2 Å². The van der Waals surface area contributed by atoms with Crippen molar-refractivity contribution in [3.63, 3.8) is 0 Å². The number of hydrogen-bond acceptors (Lipinski definition) is 6. The number of nitrogens with two attached hydrogens (primary N) is 1. The van der Waals surface area contributed by atoms with E-state index < -0.39 is 25.8 Å². The number of rotatable bonds is 6. The molecule has 0 unspecified atom stereocenters. The summed E-state index contributed by atoms with van der Waals surface area (Å²) < 4.78 is 38.2. The normalized spacial score (nSPS) is 12.9. The minimum atomic E-state index is -5.45. The van der Waals surface area contributed by atoms with Gasteiger partial charge in [0.2, 0.25) is 10.8 Å². The molecule has 0 fully saturated rings. The summed E-state index contributed by atoms with van der Waals surface area (Å²) in [6.07, 6.45) is 0. The highest BCUT2D eigenvalue weighted by Crippen LogP contribution is 2.71. The summed E-state index contributed by atoms with van der Waals surface area (Å²) in [5, 5.41) is -3.24. The zero-order valence-electron chi connectivity index (χ0n) is 12.0. The molecule has 0 saturated carbocycles. The molecule has 22 heavy (non-hydrogen) atoms. The summed E-state index contributed by atoms with van der Waals surface area (Å²) in [5.41, 5.74) is 4.88. The van der Waals surface area contributed by atoms with E-state index in [2.05, 4.69) is 0 Å². The van der Waals surface area contributed by atoms with Crippen molar-refractivity contribution in [1.82, 2.24) is 0 Å². The molecule has 126 valence electrons. The highest BCUT2D eigenvalue weighted by Gasteiger charge is 2.59. The van der Waals surface area contributed by atoms with Crippen molar-refractivity contribution >= 4 is 15.2 Å². The summed E-state index contributed by atoms with van der Waals surface area (Å²) >= 11 is 0. The molecule has 6 N–H and O–H groups in total. The van der Waals surface area contributed by atoms with Gasteiger partial charge in [-0.2, -0.15) is 0 Å². The topological polar surface area (TPSA) is 169 Å². The Labute approximate surface area is 126 Å². The summed E-state index contributed by atoms with van der Waals surface area (Å²) in [6, 6.07) is 1.94. The zero-order valence-corrected chi connectivity index (χ0v) is 13.7. The van der Waals surface area contributed by atoms with Crippen molar-refractivity contribution in [3.05, 3.63) is 17.7 Å². The van der Waals surface area contributed by atoms with Crippen LogP contribution in [0, 0.1) is 0 Å². The molecule has 10 nitrogen and oxygen atoms in total. The van der Waals surface area contributed by atoms with Gasteiger partial charge in [-0.1, -0.05) is 0 Å². The van der Waals surface area contributed by atoms with Gasteiger partial charge in [0, 0.05) is 5.56 Å². The number of hydrogen-bond donors (Lipinski definition) is 5. The second-order valence-electron chi connectivity index (χ2n) is 4.23. The van der Waals surface area contributed by atoms with Gasteiger partial charge in [0.05, 0.1) is 21.3 Å². The van der Waals surface area contributed by atoms with Gasteiger partial charge in [-0.3, -0.25) is 9.13 Å². The molecule has 12 heteroatoms. The van der Waals surface area contributed by atoms with Gasteiger partial charge >= 0.3 is 15.2 Å². The predicted octanol–water partition coefficient (Wildman–Crippen LogP) is 0.137. The molecule has 0 heterocycles. The molecule has 0 aliphatic rings. The van der Waals surface area contributed by atoms with E-state index in [1.165, 1.54) is 21.3 Å². The SMILES string of the molecule is COc1cc(C(N)(P(=O)(O)O)P(=O)(O)O)cc(OC)c1OC. The molecule has 0 saturated heterocycles. The lowest BCUT2D eigenvalue weighted by molar-refractivity contribution is 0.306. The Bertz CT molecular complexity index is 603. The van der Waals surface area contributed by atoms with Crippen molar-refractivity contribution in [2.45, 2.75) is 5.02 Å². The van der Waals surface area contributed by atoms with Crippen LogP contribution in [0.15, 0.2) is 12.1 Å². The van der Waals surface area contributed by atoms with Crippen LogP contribution in [-0.4, -0.2) is 40.9 Å². The molecular formula is C10H17NO9P2. The zero-order chi connectivity index (χ0) is 17.3. The van der Waals surface area contributed by atoms with E-state index in [4.69, 9.17) is 19.9 Å². The molecule has 0 atom stereocenters. The van der Waals surface area contributed by atoms with Crippen LogP contribution < -0.4 is 19.9 Å². The summed E-state index contributed by atoms with van der Waals surface area (Å²) in [7, 11) is -7.15. The van der Waals surface area contributed by atoms with E-state index in [1.54, 1.807) is 0 Å². The van der Waals surface area contributed by atoms with Gasteiger partial charge < -0.3 is 39.5 Å². The van der Waals surface area contributed by atoms with Crippen LogP contribution in [0.5, 0.6) is 17.2 Å². The van der Waals surface area contributed by atoms with Gasteiger partial charge in [-0.25, -0.2) is 0 Å². The fraction of sp³-hybridized carbons (Fsp3) is 0.400. The van der Waals surface area contributed by atoms with Crippen LogP contribution in [0.2, 0.25) is 0 Å². The molecule has 0 aromatic heterocycles. The maximum absolute atomic E-state index is 11.6. The van der Waals surface area contributed by atoms with Crippen LogP contribution in [0.4, 0.5) is 0 Å². The first-order valence-corrected chi connectivity index (χ1v) is 8.87. The second-order valence-corrected chi connectivity index (χ2v) is 8.17. The Morgan fingerprint density at radius 2 is 1.27 bits per heavy atom. The molecule has 1 aromatic rings. The average Bonchev–Trinajstić information content (AvgIpc) is 2.42. The standard InChI is InChI=1S/C10H17NO9P2/c1-18-7-4-6(5-8(19-2)9(7)20-3)10(11,21(12,13)14)22(15,16)17/h4-5H,11H2,1-3H3,(H2,12,13,14)(H2,15,16,17). The molecule has 0 aliphatic heterocycles. The van der Waals surface area contributed by atoms with E-state index in [9.17, 15) is 28.7 Å². The molecule has 1 aromatic carbocycles. The lowest BCUT2D eigenvalue weighted by Crippen LogP contribution is -2.36. The van der Waals surface area contributed by atoms with Gasteiger partial charge in [-0.15, -0.1) is 0 Å². The van der Waals surface area contributed by atoms with E-state index in [0.717, 1.165) is 12.1 Å². The van der Waals surface area contributed by atoms with Crippen LogP contribution >= 0.6 is 15.2 Å². The van der Waals surface area contributed by atoms with Crippen molar-refractivity contribution in [1.29, 1.82) is 0 Å². The largest absolute Gasteiger partial charge is 0.493 e. The highest BCUT2D eigenvalue weighted by atomic mass is 31.2. The summed E-state index contributed by atoms with van der Waals surface area (Å²) in [5.74, 6) is -0.0466. The molecule has 0 bridgehead atoms.